The molecular formula is C24H39BO2. The van der Waals surface area contributed by atoms with Gasteiger partial charge in [-0.25, -0.2) is 0 Å². The number of benzene rings is 1. The molecule has 2 rings (SSSR count). The highest BCUT2D eigenvalue weighted by molar-refractivity contribution is 6.53. The van der Waals surface area contributed by atoms with Crippen LogP contribution in [0.1, 0.15) is 92.2 Å². The van der Waals surface area contributed by atoms with Crippen LogP contribution in [-0.4, -0.2) is 18.3 Å². The molecule has 0 amide bonds. The first kappa shape index (κ1) is 22.2. The lowest BCUT2D eigenvalue weighted by atomic mass is 9.83. The molecule has 0 atom stereocenters. The summed E-state index contributed by atoms with van der Waals surface area (Å²) in [4.78, 5) is 0. The lowest BCUT2D eigenvalue weighted by molar-refractivity contribution is 0.00578. The van der Waals surface area contributed by atoms with Gasteiger partial charge in [0, 0.05) is 0 Å². The van der Waals surface area contributed by atoms with Gasteiger partial charge in [-0.2, -0.15) is 0 Å². The van der Waals surface area contributed by atoms with Crippen LogP contribution in [-0.2, 0) is 15.7 Å². The Balaban J connectivity index is 2.05. The van der Waals surface area contributed by atoms with E-state index in [9.17, 15) is 0 Å². The van der Waals surface area contributed by atoms with E-state index in [1.165, 1.54) is 36.0 Å². The highest BCUT2D eigenvalue weighted by Crippen LogP contribution is 2.38. The van der Waals surface area contributed by atoms with Crippen LogP contribution in [0.4, 0.5) is 0 Å². The van der Waals surface area contributed by atoms with Crippen molar-refractivity contribution < 1.29 is 9.31 Å². The summed E-state index contributed by atoms with van der Waals surface area (Å²) >= 11 is 0. The second kappa shape index (κ2) is 8.53. The molecule has 1 aliphatic heterocycles. The van der Waals surface area contributed by atoms with E-state index in [2.05, 4.69) is 85.6 Å². The Hall–Kier alpha value is -1.06. The molecule has 2 nitrogen and oxygen atoms in total. The van der Waals surface area contributed by atoms with Crippen LogP contribution >= 0.6 is 0 Å². The monoisotopic (exact) mass is 370 g/mol. The number of aryl methyl sites for hydroxylation is 1. The summed E-state index contributed by atoms with van der Waals surface area (Å²) in [6, 6.07) is 8.99. The van der Waals surface area contributed by atoms with Crippen LogP contribution in [0, 0.1) is 5.41 Å². The topological polar surface area (TPSA) is 18.5 Å². The van der Waals surface area contributed by atoms with Crippen LogP contribution in [0.25, 0.3) is 5.57 Å². The van der Waals surface area contributed by atoms with E-state index in [4.69, 9.17) is 9.31 Å². The normalized spacial score (nSPS) is 19.6. The van der Waals surface area contributed by atoms with Gasteiger partial charge in [0.1, 0.15) is 0 Å². The van der Waals surface area contributed by atoms with Crippen LogP contribution in [0.2, 0.25) is 0 Å². The third kappa shape index (κ3) is 6.22. The van der Waals surface area contributed by atoms with Gasteiger partial charge in [-0.05, 0) is 75.5 Å². The minimum absolute atomic E-state index is 0.277. The van der Waals surface area contributed by atoms with Crippen molar-refractivity contribution in [3.05, 3.63) is 41.4 Å². The maximum Gasteiger partial charge on any atom is 0.487 e. The van der Waals surface area contributed by atoms with E-state index in [0.717, 1.165) is 12.8 Å². The van der Waals surface area contributed by atoms with Crippen molar-refractivity contribution in [3.8, 4) is 0 Å². The zero-order chi connectivity index (χ0) is 20.3. The Bertz CT molecular complexity index is 637. The molecule has 1 aliphatic rings. The van der Waals surface area contributed by atoms with Gasteiger partial charge in [-0.15, -0.1) is 0 Å². The fourth-order valence-corrected chi connectivity index (χ4v) is 3.45. The summed E-state index contributed by atoms with van der Waals surface area (Å²) in [7, 11) is -0.277. The Labute approximate surface area is 167 Å². The molecule has 1 heterocycles. The van der Waals surface area contributed by atoms with E-state index < -0.39 is 0 Å². The molecule has 0 N–H and O–H groups in total. The highest BCUT2D eigenvalue weighted by Gasteiger charge is 2.50. The van der Waals surface area contributed by atoms with E-state index in [1.54, 1.807) is 0 Å². The Morgan fingerprint density at radius 1 is 1.04 bits per heavy atom. The third-order valence-corrected chi connectivity index (χ3v) is 5.93. The second-order valence-corrected chi connectivity index (χ2v) is 10.1. The van der Waals surface area contributed by atoms with Gasteiger partial charge in [-0.3, -0.25) is 0 Å². The van der Waals surface area contributed by atoms with Crippen LogP contribution in [0.5, 0.6) is 0 Å². The minimum Gasteiger partial charge on any atom is -0.400 e. The van der Waals surface area contributed by atoms with Crippen molar-refractivity contribution >= 4 is 12.7 Å². The largest absolute Gasteiger partial charge is 0.487 e. The van der Waals surface area contributed by atoms with E-state index >= 15 is 0 Å². The molecule has 1 saturated heterocycles. The molecule has 0 unspecified atom stereocenters. The number of hydrogen-bond donors (Lipinski definition) is 0. The zero-order valence-corrected chi connectivity index (χ0v) is 18.8. The van der Waals surface area contributed by atoms with Gasteiger partial charge in [0.05, 0.1) is 11.2 Å². The van der Waals surface area contributed by atoms with Crippen LogP contribution < -0.4 is 0 Å². The first-order chi connectivity index (χ1) is 12.4. The fourth-order valence-electron chi connectivity index (χ4n) is 3.45. The lowest BCUT2D eigenvalue weighted by Gasteiger charge is -2.32. The van der Waals surface area contributed by atoms with Gasteiger partial charge in [0.15, 0.2) is 0 Å². The van der Waals surface area contributed by atoms with E-state index in [0.29, 0.717) is 5.41 Å². The number of rotatable bonds is 7. The summed E-state index contributed by atoms with van der Waals surface area (Å²) in [6.45, 7) is 17.6. The van der Waals surface area contributed by atoms with E-state index in [-0.39, 0.29) is 18.3 Å². The van der Waals surface area contributed by atoms with Crippen molar-refractivity contribution in [2.45, 2.75) is 98.7 Å². The summed E-state index contributed by atoms with van der Waals surface area (Å²) in [5, 5.41) is 0. The predicted molar refractivity (Wildman–Crippen MR) is 118 cm³/mol. The highest BCUT2D eigenvalue weighted by atomic mass is 16.7. The minimum atomic E-state index is -0.290. The van der Waals surface area contributed by atoms with Crippen LogP contribution in [0.15, 0.2) is 30.2 Å². The molecule has 3 heteroatoms. The molecule has 0 bridgehead atoms. The summed E-state index contributed by atoms with van der Waals surface area (Å²) < 4.78 is 12.3. The summed E-state index contributed by atoms with van der Waals surface area (Å²) in [5.74, 6) is 2.16. The number of allylic oxidation sites excluding steroid dienone is 1. The van der Waals surface area contributed by atoms with Crippen molar-refractivity contribution in [2.24, 2.45) is 5.41 Å². The second-order valence-electron chi connectivity index (χ2n) is 10.1. The molecular weight excluding hydrogens is 331 g/mol. The van der Waals surface area contributed by atoms with Gasteiger partial charge in [0.25, 0.3) is 0 Å². The maximum atomic E-state index is 6.16. The first-order valence-corrected chi connectivity index (χ1v) is 10.6. The molecule has 0 radical (unpaired) electrons. The number of hydrogen-bond acceptors (Lipinski definition) is 2. The van der Waals surface area contributed by atoms with Crippen molar-refractivity contribution in [2.75, 3.05) is 0 Å². The molecule has 0 saturated carbocycles. The molecule has 1 aromatic rings. The Morgan fingerprint density at radius 3 is 2.22 bits per heavy atom. The van der Waals surface area contributed by atoms with Gasteiger partial charge >= 0.3 is 7.12 Å². The summed E-state index contributed by atoms with van der Waals surface area (Å²) in [5.41, 5.74) is 3.87. The molecule has 1 aromatic carbocycles. The molecule has 1 fully saturated rings. The summed E-state index contributed by atoms with van der Waals surface area (Å²) in [6.07, 6.45) is 5.95. The SMILES string of the molecule is CC/C(=C\B1OC(C)(C)C(C)(C)O1)c1cccc(CCCCC(C)(C)C)c1. The van der Waals surface area contributed by atoms with Crippen molar-refractivity contribution in [1.29, 1.82) is 0 Å². The third-order valence-electron chi connectivity index (χ3n) is 5.93. The van der Waals surface area contributed by atoms with Crippen LogP contribution in [0.3, 0.4) is 0 Å². The number of unbranched alkanes of at least 4 members (excludes halogenated alkanes) is 1. The predicted octanol–water partition coefficient (Wildman–Crippen LogP) is 6.87. The zero-order valence-electron chi connectivity index (χ0n) is 18.8. The smallest absolute Gasteiger partial charge is 0.400 e. The average Bonchev–Trinajstić information content (AvgIpc) is 2.75. The molecule has 27 heavy (non-hydrogen) atoms. The quantitative estimate of drug-likeness (QED) is 0.385. The molecule has 0 spiro atoms. The van der Waals surface area contributed by atoms with Crippen molar-refractivity contribution in [1.82, 2.24) is 0 Å². The van der Waals surface area contributed by atoms with Crippen molar-refractivity contribution in [3.63, 3.8) is 0 Å². The Morgan fingerprint density at radius 2 is 1.67 bits per heavy atom. The lowest BCUT2D eigenvalue weighted by Crippen LogP contribution is -2.41. The van der Waals surface area contributed by atoms with Gasteiger partial charge in [-0.1, -0.05) is 64.4 Å². The standard InChI is InChI=1S/C24H39BO2/c1-9-20(18-25-26-23(5,6)24(7,8)27-25)21-15-12-14-19(17-21)13-10-11-16-22(2,3)4/h12,14-15,17-18H,9-11,13,16H2,1-8H3/b20-18+. The molecule has 0 aromatic heterocycles. The Kier molecular flexibility index (Phi) is 7.03. The van der Waals surface area contributed by atoms with Gasteiger partial charge in [0.2, 0.25) is 0 Å². The maximum absolute atomic E-state index is 6.16. The molecule has 150 valence electrons. The average molecular weight is 370 g/mol. The van der Waals surface area contributed by atoms with E-state index in [1.807, 2.05) is 0 Å². The van der Waals surface area contributed by atoms with Gasteiger partial charge < -0.3 is 9.31 Å². The first-order valence-electron chi connectivity index (χ1n) is 10.6. The fraction of sp³-hybridized carbons (Fsp3) is 0.667. The molecule has 0 aliphatic carbocycles.